The fourth-order valence-electron chi connectivity index (χ4n) is 1.43. The Morgan fingerprint density at radius 3 is 2.06 bits per heavy atom. The highest BCUT2D eigenvalue weighted by molar-refractivity contribution is 5.31. The third-order valence-electron chi connectivity index (χ3n) is 2.64. The third-order valence-corrected chi connectivity index (χ3v) is 2.64. The SMILES string of the molecule is C[C@@H](O)C(F)(F)c1cccc(C(C)(C)C)c1. The lowest BCUT2D eigenvalue weighted by atomic mass is 9.85. The second-order valence-electron chi connectivity index (χ2n) is 5.13. The maximum atomic E-state index is 13.6. The highest BCUT2D eigenvalue weighted by Crippen LogP contribution is 2.34. The topological polar surface area (TPSA) is 20.2 Å². The quantitative estimate of drug-likeness (QED) is 0.822. The summed E-state index contributed by atoms with van der Waals surface area (Å²) in [5, 5.41) is 9.08. The Labute approximate surface area is 95.1 Å². The summed E-state index contributed by atoms with van der Waals surface area (Å²) in [6.45, 7) is 7.00. The summed E-state index contributed by atoms with van der Waals surface area (Å²) >= 11 is 0. The Balaban J connectivity index is 3.18. The number of hydrogen-bond acceptors (Lipinski definition) is 1. The molecule has 0 saturated heterocycles. The first-order valence-corrected chi connectivity index (χ1v) is 5.32. The van der Waals surface area contributed by atoms with Gasteiger partial charge >= 0.3 is 0 Å². The van der Waals surface area contributed by atoms with Crippen molar-refractivity contribution in [3.63, 3.8) is 0 Å². The largest absolute Gasteiger partial charge is 0.387 e. The zero-order valence-electron chi connectivity index (χ0n) is 10.1. The highest BCUT2D eigenvalue weighted by Gasteiger charge is 2.37. The summed E-state index contributed by atoms with van der Waals surface area (Å²) in [4.78, 5) is 0. The molecule has 0 unspecified atom stereocenters. The second kappa shape index (κ2) is 4.13. The molecule has 0 saturated carbocycles. The minimum absolute atomic E-state index is 0.130. The lowest BCUT2D eigenvalue weighted by molar-refractivity contribution is -0.106. The lowest BCUT2D eigenvalue weighted by Crippen LogP contribution is -2.28. The number of aliphatic hydroxyl groups excluding tert-OH is 1. The Bertz CT molecular complexity index is 364. The van der Waals surface area contributed by atoms with Gasteiger partial charge in [-0.25, -0.2) is 0 Å². The average Bonchev–Trinajstić information content (AvgIpc) is 2.16. The molecule has 0 fully saturated rings. The van der Waals surface area contributed by atoms with E-state index in [0.29, 0.717) is 0 Å². The Morgan fingerprint density at radius 1 is 1.12 bits per heavy atom. The zero-order valence-corrected chi connectivity index (χ0v) is 10.1. The van der Waals surface area contributed by atoms with E-state index < -0.39 is 12.0 Å². The van der Waals surface area contributed by atoms with E-state index in [0.717, 1.165) is 12.5 Å². The number of aliphatic hydroxyl groups is 1. The van der Waals surface area contributed by atoms with E-state index in [2.05, 4.69) is 0 Å². The van der Waals surface area contributed by atoms with E-state index in [9.17, 15) is 8.78 Å². The summed E-state index contributed by atoms with van der Waals surface area (Å²) in [5.41, 5.74) is 0.533. The maximum Gasteiger partial charge on any atom is 0.298 e. The summed E-state index contributed by atoms with van der Waals surface area (Å²) in [5.74, 6) is -3.19. The number of hydrogen-bond donors (Lipinski definition) is 1. The Hall–Kier alpha value is -0.960. The minimum Gasteiger partial charge on any atom is -0.387 e. The van der Waals surface area contributed by atoms with Crippen LogP contribution in [-0.4, -0.2) is 11.2 Å². The molecule has 0 aliphatic heterocycles. The summed E-state index contributed by atoms with van der Waals surface area (Å²) in [6, 6.07) is 6.24. The maximum absolute atomic E-state index is 13.6. The molecule has 90 valence electrons. The van der Waals surface area contributed by atoms with Crippen LogP contribution in [-0.2, 0) is 11.3 Å². The van der Waals surface area contributed by atoms with Gasteiger partial charge in [-0.2, -0.15) is 8.78 Å². The monoisotopic (exact) mass is 228 g/mol. The van der Waals surface area contributed by atoms with Gasteiger partial charge < -0.3 is 5.11 Å². The first kappa shape index (κ1) is 13.1. The predicted octanol–water partition coefficient (Wildman–Crippen LogP) is 3.46. The van der Waals surface area contributed by atoms with Crippen molar-refractivity contribution in [3.05, 3.63) is 35.4 Å². The van der Waals surface area contributed by atoms with Crippen molar-refractivity contribution in [3.8, 4) is 0 Å². The van der Waals surface area contributed by atoms with E-state index in [1.54, 1.807) is 6.07 Å². The molecule has 16 heavy (non-hydrogen) atoms. The molecular weight excluding hydrogens is 210 g/mol. The second-order valence-corrected chi connectivity index (χ2v) is 5.13. The van der Waals surface area contributed by atoms with Gasteiger partial charge in [0.25, 0.3) is 5.92 Å². The molecule has 0 heterocycles. The molecule has 1 aromatic rings. The normalized spacial score (nSPS) is 14.9. The summed E-state index contributed by atoms with van der Waals surface area (Å²) in [7, 11) is 0. The lowest BCUT2D eigenvalue weighted by Gasteiger charge is -2.24. The zero-order chi connectivity index (χ0) is 12.6. The van der Waals surface area contributed by atoms with Crippen LogP contribution in [0.3, 0.4) is 0 Å². The van der Waals surface area contributed by atoms with Gasteiger partial charge in [0.15, 0.2) is 0 Å². The van der Waals surface area contributed by atoms with Crippen LogP contribution < -0.4 is 0 Å². The average molecular weight is 228 g/mol. The molecule has 0 bridgehead atoms. The van der Waals surface area contributed by atoms with Gasteiger partial charge in [-0.05, 0) is 24.0 Å². The summed E-state index contributed by atoms with van der Waals surface area (Å²) in [6.07, 6.45) is -1.68. The van der Waals surface area contributed by atoms with Gasteiger partial charge in [0.05, 0.1) is 0 Å². The van der Waals surface area contributed by atoms with Crippen LogP contribution in [0.5, 0.6) is 0 Å². The van der Waals surface area contributed by atoms with Crippen LogP contribution in [0.4, 0.5) is 8.78 Å². The smallest absolute Gasteiger partial charge is 0.298 e. The van der Waals surface area contributed by atoms with Crippen LogP contribution in [0.15, 0.2) is 24.3 Å². The Morgan fingerprint density at radius 2 is 1.62 bits per heavy atom. The van der Waals surface area contributed by atoms with Crippen molar-refractivity contribution < 1.29 is 13.9 Å². The molecular formula is C13H18F2O. The van der Waals surface area contributed by atoms with Gasteiger partial charge in [0.1, 0.15) is 6.10 Å². The first-order valence-electron chi connectivity index (χ1n) is 5.32. The molecule has 0 aliphatic rings. The molecule has 1 aromatic carbocycles. The molecule has 0 aromatic heterocycles. The van der Waals surface area contributed by atoms with Gasteiger partial charge in [-0.1, -0.05) is 39.0 Å². The van der Waals surface area contributed by atoms with E-state index in [4.69, 9.17) is 5.11 Å². The Kier molecular flexibility index (Phi) is 3.38. The molecule has 0 radical (unpaired) electrons. The van der Waals surface area contributed by atoms with Gasteiger partial charge in [-0.15, -0.1) is 0 Å². The van der Waals surface area contributed by atoms with Gasteiger partial charge in [-0.3, -0.25) is 0 Å². The molecule has 1 rings (SSSR count). The number of halogens is 2. The third kappa shape index (κ3) is 2.59. The number of alkyl halides is 2. The van der Waals surface area contributed by atoms with Crippen molar-refractivity contribution in [1.29, 1.82) is 0 Å². The van der Waals surface area contributed by atoms with E-state index in [1.165, 1.54) is 12.1 Å². The van der Waals surface area contributed by atoms with Crippen molar-refractivity contribution >= 4 is 0 Å². The van der Waals surface area contributed by atoms with Crippen LogP contribution in [0.1, 0.15) is 38.8 Å². The van der Waals surface area contributed by atoms with Crippen LogP contribution in [0, 0.1) is 0 Å². The predicted molar refractivity (Wildman–Crippen MR) is 60.7 cm³/mol. The van der Waals surface area contributed by atoms with Crippen LogP contribution >= 0.6 is 0 Å². The summed E-state index contributed by atoms with van der Waals surface area (Å²) < 4.78 is 27.2. The molecule has 0 amide bonds. The molecule has 0 aliphatic carbocycles. The number of benzene rings is 1. The molecule has 1 atom stereocenters. The minimum atomic E-state index is -3.19. The van der Waals surface area contributed by atoms with Crippen molar-refractivity contribution in [2.75, 3.05) is 0 Å². The molecule has 1 N–H and O–H groups in total. The molecule has 0 spiro atoms. The highest BCUT2D eigenvalue weighted by atomic mass is 19.3. The molecule has 3 heteroatoms. The fraction of sp³-hybridized carbons (Fsp3) is 0.538. The fourth-order valence-corrected chi connectivity index (χ4v) is 1.43. The van der Waals surface area contributed by atoms with E-state index >= 15 is 0 Å². The van der Waals surface area contributed by atoms with E-state index in [-0.39, 0.29) is 11.0 Å². The molecule has 1 nitrogen and oxygen atoms in total. The standard InChI is InChI=1S/C13H18F2O/c1-9(16)13(14,15)11-7-5-6-10(8-11)12(2,3)4/h5-9,16H,1-4H3/t9-/m1/s1. The van der Waals surface area contributed by atoms with Crippen molar-refractivity contribution in [2.24, 2.45) is 0 Å². The number of rotatable bonds is 2. The van der Waals surface area contributed by atoms with Crippen molar-refractivity contribution in [2.45, 2.75) is 45.1 Å². The van der Waals surface area contributed by atoms with Crippen LogP contribution in [0.25, 0.3) is 0 Å². The van der Waals surface area contributed by atoms with Crippen LogP contribution in [0.2, 0.25) is 0 Å². The van der Waals surface area contributed by atoms with Crippen molar-refractivity contribution in [1.82, 2.24) is 0 Å². The first-order chi connectivity index (χ1) is 7.15. The van der Waals surface area contributed by atoms with Gasteiger partial charge in [0, 0.05) is 5.56 Å². The van der Waals surface area contributed by atoms with Gasteiger partial charge in [0.2, 0.25) is 0 Å². The van der Waals surface area contributed by atoms with E-state index in [1.807, 2.05) is 26.8 Å².